The van der Waals surface area contributed by atoms with E-state index in [4.69, 9.17) is 12.0 Å². The molecule has 0 unspecified atom stereocenters. The molecule has 0 aliphatic heterocycles. The number of hydrogen-bond acceptors (Lipinski definition) is 5. The van der Waals surface area contributed by atoms with Gasteiger partial charge in [-0.2, -0.15) is 25.3 Å². The highest BCUT2D eigenvalue weighted by Gasteiger charge is 2.37. The molecule has 16 heavy (non-hydrogen) atoms. The normalized spacial score (nSPS) is 15.8. The molecule has 0 spiro atoms. The molecule has 0 amide bonds. The summed E-state index contributed by atoms with van der Waals surface area (Å²) in [5, 5.41) is 6.40. The number of rotatable bonds is 2. The third-order valence-electron chi connectivity index (χ3n) is 1.60. The van der Waals surface area contributed by atoms with Crippen molar-refractivity contribution < 1.29 is 18.4 Å². The summed E-state index contributed by atoms with van der Waals surface area (Å²) in [5.74, 6) is -6.25. The van der Waals surface area contributed by atoms with Gasteiger partial charge in [-0.3, -0.25) is 9.59 Å². The van der Waals surface area contributed by atoms with E-state index in [0.717, 1.165) is 0 Å². The van der Waals surface area contributed by atoms with Crippen LogP contribution in [0, 0.1) is 12.0 Å². The second-order valence-electron chi connectivity index (χ2n) is 2.46. The lowest BCUT2D eigenvalue weighted by Crippen LogP contribution is -2.25. The van der Waals surface area contributed by atoms with Crippen molar-refractivity contribution in [2.75, 3.05) is 0 Å². The van der Waals surface area contributed by atoms with Crippen LogP contribution in [0.5, 0.6) is 0 Å². The van der Waals surface area contributed by atoms with Crippen molar-refractivity contribution in [1.29, 1.82) is 5.41 Å². The standard InChI is InChI=1S/C8H2F2N4O2/c1-12-14-6-4(10)7(15)5(13-2-11)3(9)8(6)16/h11,14H. The maximum Gasteiger partial charge on any atom is 0.249 e. The third kappa shape index (κ3) is 1.63. The molecule has 0 bridgehead atoms. The number of nitrogens with one attached hydrogen (secondary N) is 2. The van der Waals surface area contributed by atoms with Crippen LogP contribution in [0.2, 0.25) is 0 Å². The molecule has 6 nitrogen and oxygen atoms in total. The Morgan fingerprint density at radius 2 is 1.94 bits per heavy atom. The number of Topliss-reactive ketones (excluding diaryl/α,β-unsaturated/α-hetero) is 2. The predicted molar refractivity (Wildman–Crippen MR) is 46.2 cm³/mol. The zero-order valence-electron chi connectivity index (χ0n) is 7.47. The molecule has 0 saturated heterocycles. The molecule has 80 valence electrons. The van der Waals surface area contributed by atoms with Crippen molar-refractivity contribution in [2.45, 2.75) is 0 Å². The van der Waals surface area contributed by atoms with Crippen molar-refractivity contribution in [2.24, 2.45) is 4.99 Å². The van der Waals surface area contributed by atoms with Crippen molar-refractivity contribution in [1.82, 2.24) is 5.43 Å². The molecule has 0 atom stereocenters. The minimum atomic E-state index is -1.63. The molecule has 8 heteroatoms. The van der Waals surface area contributed by atoms with Gasteiger partial charge < -0.3 is 0 Å². The smallest absolute Gasteiger partial charge is 0.249 e. The number of aliphatic imine (C=N–C) groups is 1. The zero-order valence-corrected chi connectivity index (χ0v) is 7.47. The van der Waals surface area contributed by atoms with E-state index in [9.17, 15) is 18.4 Å². The molecule has 1 aliphatic carbocycles. The molecule has 2 N–H and O–H groups in total. The van der Waals surface area contributed by atoms with Crippen LogP contribution in [-0.4, -0.2) is 17.6 Å². The highest BCUT2D eigenvalue weighted by atomic mass is 19.1. The van der Waals surface area contributed by atoms with Crippen molar-refractivity contribution in [3.05, 3.63) is 34.6 Å². The number of nitrogens with zero attached hydrogens (tertiary/aromatic N) is 2. The summed E-state index contributed by atoms with van der Waals surface area (Å²) in [6, 6.07) is 1.32. The minimum absolute atomic E-state index is 1.07. The Morgan fingerprint density at radius 1 is 1.31 bits per heavy atom. The summed E-state index contributed by atoms with van der Waals surface area (Å²) >= 11 is 0. The summed E-state index contributed by atoms with van der Waals surface area (Å²) in [4.78, 5) is 27.5. The minimum Gasteiger partial charge on any atom is -0.284 e. The molecule has 1 aliphatic rings. The van der Waals surface area contributed by atoms with Crippen LogP contribution in [0.15, 0.2) is 28.0 Å². The summed E-state index contributed by atoms with van der Waals surface area (Å²) in [6.45, 7) is 6.33. The first-order valence-corrected chi connectivity index (χ1v) is 3.68. The number of carbonyl (C=O) groups is 2. The van der Waals surface area contributed by atoms with E-state index in [2.05, 4.69) is 9.95 Å². The van der Waals surface area contributed by atoms with Gasteiger partial charge in [0.15, 0.2) is 11.4 Å². The van der Waals surface area contributed by atoms with Gasteiger partial charge in [0.05, 0.1) is 6.01 Å². The number of hydrogen-bond donors (Lipinski definition) is 2. The van der Waals surface area contributed by atoms with Crippen LogP contribution in [0.1, 0.15) is 0 Å². The van der Waals surface area contributed by atoms with E-state index in [1.165, 1.54) is 6.01 Å². The molecule has 0 aromatic carbocycles. The van der Waals surface area contributed by atoms with Crippen LogP contribution in [0.25, 0.3) is 4.95 Å². The molecule has 1 rings (SSSR count). The van der Waals surface area contributed by atoms with Gasteiger partial charge in [-0.25, -0.2) is 5.41 Å². The highest BCUT2D eigenvalue weighted by Crippen LogP contribution is 2.25. The first-order valence-electron chi connectivity index (χ1n) is 3.68. The Balaban J connectivity index is 3.37. The summed E-state index contributed by atoms with van der Waals surface area (Å²) in [5.41, 5.74) is -0.649. The second kappa shape index (κ2) is 4.25. The number of allylic oxidation sites excluding steroid dienone is 2. The molecule has 0 radical (unpaired) electrons. The SMILES string of the molecule is [C-]#[N+]NC1=C(F)C(=O)C(N=C=N)=C(F)C1=O. The van der Waals surface area contributed by atoms with E-state index < -0.39 is 34.6 Å². The van der Waals surface area contributed by atoms with E-state index in [1.807, 2.05) is 0 Å². The fourth-order valence-corrected chi connectivity index (χ4v) is 0.946. The van der Waals surface area contributed by atoms with Crippen LogP contribution in [-0.2, 0) is 9.59 Å². The fourth-order valence-electron chi connectivity index (χ4n) is 0.946. The van der Waals surface area contributed by atoms with Crippen LogP contribution < -0.4 is 5.43 Å². The molecule has 0 heterocycles. The Labute approximate surface area is 87.3 Å². The largest absolute Gasteiger partial charge is 0.284 e. The molecule has 0 aromatic heterocycles. The molecular formula is C8H2F2N4O2. The highest BCUT2D eigenvalue weighted by molar-refractivity contribution is 6.23. The van der Waals surface area contributed by atoms with E-state index in [-0.39, 0.29) is 0 Å². The number of halogens is 2. The van der Waals surface area contributed by atoms with Crippen molar-refractivity contribution in [3.63, 3.8) is 0 Å². The first-order chi connectivity index (χ1) is 7.54. The van der Waals surface area contributed by atoms with Gasteiger partial charge in [0.1, 0.15) is 0 Å². The lowest BCUT2D eigenvalue weighted by Gasteiger charge is -2.08. The maximum atomic E-state index is 13.2. The van der Waals surface area contributed by atoms with Gasteiger partial charge in [0.2, 0.25) is 23.2 Å². The van der Waals surface area contributed by atoms with Crippen molar-refractivity contribution >= 4 is 17.6 Å². The topological polar surface area (TPSA) is 86.7 Å². The monoisotopic (exact) mass is 224 g/mol. The van der Waals surface area contributed by atoms with Crippen LogP contribution in [0.4, 0.5) is 8.78 Å². The Kier molecular flexibility index (Phi) is 3.03. The first kappa shape index (κ1) is 11.4. The summed E-state index contributed by atoms with van der Waals surface area (Å²) in [6.07, 6.45) is 0. The van der Waals surface area contributed by atoms with Crippen LogP contribution in [0.3, 0.4) is 0 Å². The van der Waals surface area contributed by atoms with E-state index >= 15 is 0 Å². The predicted octanol–water partition coefficient (Wildman–Crippen LogP) is 0.677. The fraction of sp³-hybridized carbons (Fsp3) is 0. The lowest BCUT2D eigenvalue weighted by atomic mass is 10.0. The zero-order chi connectivity index (χ0) is 12.3. The van der Waals surface area contributed by atoms with Gasteiger partial charge in [-0.15, -0.1) is 0 Å². The lowest BCUT2D eigenvalue weighted by molar-refractivity contribution is -0.118. The summed E-state index contributed by atoms with van der Waals surface area (Å²) in [7, 11) is 0. The maximum absolute atomic E-state index is 13.2. The second-order valence-corrected chi connectivity index (χ2v) is 2.46. The number of carbonyl (C=O) groups excluding carboxylic acids is 2. The average Bonchev–Trinajstić information content (AvgIpc) is 2.28. The van der Waals surface area contributed by atoms with Crippen molar-refractivity contribution in [3.8, 4) is 0 Å². The van der Waals surface area contributed by atoms with Gasteiger partial charge >= 0.3 is 0 Å². The Morgan fingerprint density at radius 3 is 2.44 bits per heavy atom. The molecule has 0 saturated carbocycles. The van der Waals surface area contributed by atoms with Gasteiger partial charge in [0, 0.05) is 0 Å². The molecular weight excluding hydrogens is 222 g/mol. The number of ketones is 2. The quantitative estimate of drug-likeness (QED) is 0.313. The molecule has 0 aromatic rings. The van der Waals surface area contributed by atoms with Crippen LogP contribution >= 0.6 is 0 Å². The Bertz CT molecular complexity index is 535. The average molecular weight is 224 g/mol. The molecule has 0 fully saturated rings. The van der Waals surface area contributed by atoms with E-state index in [0.29, 0.717) is 0 Å². The van der Waals surface area contributed by atoms with Gasteiger partial charge in [0.25, 0.3) is 0 Å². The third-order valence-corrected chi connectivity index (χ3v) is 1.60. The Hall–Kier alpha value is -2.65. The van der Waals surface area contributed by atoms with E-state index in [1.54, 1.807) is 5.43 Å². The van der Waals surface area contributed by atoms with Gasteiger partial charge in [-0.1, -0.05) is 5.43 Å². The van der Waals surface area contributed by atoms with Gasteiger partial charge in [-0.05, 0) is 0 Å². The summed E-state index contributed by atoms with van der Waals surface area (Å²) < 4.78 is 26.4.